The lowest BCUT2D eigenvalue weighted by molar-refractivity contribution is 0.181. The van der Waals surface area contributed by atoms with Crippen molar-refractivity contribution in [3.05, 3.63) is 34.6 Å². The molecule has 0 aromatic heterocycles. The van der Waals surface area contributed by atoms with Gasteiger partial charge >= 0.3 is 0 Å². The van der Waals surface area contributed by atoms with Crippen molar-refractivity contribution < 1.29 is 13.2 Å². The van der Waals surface area contributed by atoms with Crippen molar-refractivity contribution in [3.8, 4) is 0 Å². The molecule has 1 aromatic rings. The molecule has 1 atom stereocenters. The van der Waals surface area contributed by atoms with Gasteiger partial charge in [0.25, 0.3) is 0 Å². The van der Waals surface area contributed by atoms with Gasteiger partial charge in [-0.2, -0.15) is 0 Å². The fourth-order valence-electron chi connectivity index (χ4n) is 5.06. The van der Waals surface area contributed by atoms with Gasteiger partial charge < -0.3 is 0 Å². The minimum absolute atomic E-state index is 0.416. The Bertz CT molecular complexity index is 573. The van der Waals surface area contributed by atoms with E-state index < -0.39 is 17.5 Å². The smallest absolute Gasteiger partial charge is 0.194 e. The van der Waals surface area contributed by atoms with Crippen LogP contribution in [0.5, 0.6) is 0 Å². The van der Waals surface area contributed by atoms with E-state index in [9.17, 15) is 13.2 Å². The Morgan fingerprint density at radius 2 is 1.64 bits per heavy atom. The summed E-state index contributed by atoms with van der Waals surface area (Å²) < 4.78 is 40.9. The van der Waals surface area contributed by atoms with Gasteiger partial charge in [0.1, 0.15) is 0 Å². The summed E-state index contributed by atoms with van der Waals surface area (Å²) in [6, 6.07) is 1.24. The molecule has 0 nitrogen and oxygen atoms in total. The molecule has 0 bridgehead atoms. The highest BCUT2D eigenvalue weighted by molar-refractivity contribution is 5.33. The van der Waals surface area contributed by atoms with E-state index in [4.69, 9.17) is 0 Å². The predicted molar refractivity (Wildman–Crippen MR) is 96.0 cm³/mol. The Balaban J connectivity index is 1.52. The predicted octanol–water partition coefficient (Wildman–Crippen LogP) is 6.99. The van der Waals surface area contributed by atoms with Crippen LogP contribution in [0.3, 0.4) is 0 Å². The lowest BCUT2D eigenvalue weighted by atomic mass is 9.69. The molecule has 3 rings (SSSR count). The average Bonchev–Trinajstić information content (AvgIpc) is 2.63. The molecule has 1 unspecified atom stereocenters. The SMILES string of the molecule is CCCCCCC1CCC(C2CCc3c(cc(F)c(F)c3F)C2)CC1. The zero-order chi connectivity index (χ0) is 17.8. The van der Waals surface area contributed by atoms with Gasteiger partial charge in [0.05, 0.1) is 0 Å². The summed E-state index contributed by atoms with van der Waals surface area (Å²) in [5.41, 5.74) is 1.12. The fraction of sp³-hybridized carbons (Fsp3) is 0.727. The van der Waals surface area contributed by atoms with E-state index in [-0.39, 0.29) is 0 Å². The lowest BCUT2D eigenvalue weighted by Crippen LogP contribution is -2.27. The first-order valence-electron chi connectivity index (χ1n) is 10.2. The van der Waals surface area contributed by atoms with E-state index in [1.165, 1.54) is 63.9 Å². The number of fused-ring (bicyclic) bond motifs is 1. The summed E-state index contributed by atoms with van der Waals surface area (Å²) in [5.74, 6) is -1.22. The van der Waals surface area contributed by atoms with Crippen LogP contribution < -0.4 is 0 Å². The van der Waals surface area contributed by atoms with Gasteiger partial charge in [-0.15, -0.1) is 0 Å². The van der Waals surface area contributed by atoms with Crippen molar-refractivity contribution in [1.82, 2.24) is 0 Å². The zero-order valence-corrected chi connectivity index (χ0v) is 15.4. The third kappa shape index (κ3) is 4.41. The van der Waals surface area contributed by atoms with Crippen molar-refractivity contribution in [1.29, 1.82) is 0 Å². The van der Waals surface area contributed by atoms with Crippen LogP contribution >= 0.6 is 0 Å². The molecule has 0 N–H and O–H groups in total. The Morgan fingerprint density at radius 1 is 0.880 bits per heavy atom. The normalized spacial score (nSPS) is 26.5. The molecule has 140 valence electrons. The average molecular weight is 352 g/mol. The summed E-state index contributed by atoms with van der Waals surface area (Å²) in [4.78, 5) is 0. The minimum atomic E-state index is -1.30. The number of unbranched alkanes of at least 4 members (excludes halogenated alkanes) is 3. The summed E-state index contributed by atoms with van der Waals surface area (Å²) >= 11 is 0. The van der Waals surface area contributed by atoms with Crippen LogP contribution in [0.15, 0.2) is 6.07 Å². The number of halogens is 3. The number of hydrogen-bond donors (Lipinski definition) is 0. The summed E-state index contributed by atoms with van der Waals surface area (Å²) in [7, 11) is 0. The van der Waals surface area contributed by atoms with Crippen molar-refractivity contribution in [3.63, 3.8) is 0 Å². The van der Waals surface area contributed by atoms with Gasteiger partial charge in [0.15, 0.2) is 17.5 Å². The van der Waals surface area contributed by atoms with Crippen LogP contribution in [0.1, 0.15) is 82.3 Å². The van der Waals surface area contributed by atoms with Crippen LogP contribution in [-0.2, 0) is 12.8 Å². The molecular formula is C22H31F3. The van der Waals surface area contributed by atoms with Crippen LogP contribution in [0.25, 0.3) is 0 Å². The Kier molecular flexibility index (Phi) is 6.46. The fourth-order valence-corrected chi connectivity index (χ4v) is 5.06. The minimum Gasteiger partial charge on any atom is -0.204 e. The van der Waals surface area contributed by atoms with Gasteiger partial charge in [0.2, 0.25) is 0 Å². The molecule has 25 heavy (non-hydrogen) atoms. The van der Waals surface area contributed by atoms with Crippen molar-refractivity contribution in [2.45, 2.75) is 84.0 Å². The summed E-state index contributed by atoms with van der Waals surface area (Å²) in [6.07, 6.45) is 14.1. The van der Waals surface area contributed by atoms with Gasteiger partial charge in [-0.3, -0.25) is 0 Å². The van der Waals surface area contributed by atoms with E-state index in [1.54, 1.807) is 0 Å². The highest BCUT2D eigenvalue weighted by Crippen LogP contribution is 2.41. The van der Waals surface area contributed by atoms with E-state index in [2.05, 4.69) is 6.92 Å². The molecule has 0 aliphatic heterocycles. The second-order valence-electron chi connectivity index (χ2n) is 8.26. The van der Waals surface area contributed by atoms with Crippen LogP contribution in [0.4, 0.5) is 13.2 Å². The maximum atomic E-state index is 13.9. The number of benzene rings is 1. The summed E-state index contributed by atoms with van der Waals surface area (Å²) in [6.45, 7) is 2.25. The standard InChI is InChI=1S/C22H31F3/c1-2-3-4-5-6-15-7-9-16(10-8-15)17-11-12-19-18(13-17)14-20(23)22(25)21(19)24/h14-17H,2-13H2,1H3. The highest BCUT2D eigenvalue weighted by atomic mass is 19.2. The maximum Gasteiger partial charge on any atom is 0.194 e. The van der Waals surface area contributed by atoms with Gasteiger partial charge in [-0.05, 0) is 67.1 Å². The van der Waals surface area contributed by atoms with Gasteiger partial charge in [-0.25, -0.2) is 13.2 Å². The number of rotatable bonds is 6. The molecule has 0 radical (unpaired) electrons. The molecule has 0 heterocycles. The Hall–Kier alpha value is -0.990. The quantitative estimate of drug-likeness (QED) is 0.382. The molecule has 1 saturated carbocycles. The third-order valence-electron chi connectivity index (χ3n) is 6.63. The van der Waals surface area contributed by atoms with E-state index in [1.807, 2.05) is 0 Å². The molecule has 3 heteroatoms. The largest absolute Gasteiger partial charge is 0.204 e. The second-order valence-corrected chi connectivity index (χ2v) is 8.26. The van der Waals surface area contributed by atoms with Crippen LogP contribution in [-0.4, -0.2) is 0 Å². The van der Waals surface area contributed by atoms with Crippen LogP contribution in [0, 0.1) is 35.2 Å². The van der Waals surface area contributed by atoms with Crippen molar-refractivity contribution >= 4 is 0 Å². The first kappa shape index (κ1) is 18.8. The van der Waals surface area contributed by atoms with Gasteiger partial charge in [0, 0.05) is 0 Å². The molecule has 0 amide bonds. The monoisotopic (exact) mass is 352 g/mol. The Labute approximate surface area is 150 Å². The molecule has 2 aliphatic rings. The highest BCUT2D eigenvalue weighted by Gasteiger charge is 2.32. The van der Waals surface area contributed by atoms with Gasteiger partial charge in [-0.1, -0.05) is 51.9 Å². The lowest BCUT2D eigenvalue weighted by Gasteiger charge is -2.36. The summed E-state index contributed by atoms with van der Waals surface area (Å²) in [5, 5.41) is 0. The first-order valence-corrected chi connectivity index (χ1v) is 10.2. The topological polar surface area (TPSA) is 0 Å². The van der Waals surface area contributed by atoms with Crippen molar-refractivity contribution in [2.75, 3.05) is 0 Å². The molecule has 0 spiro atoms. The second kappa shape index (κ2) is 8.60. The molecule has 0 saturated heterocycles. The maximum absolute atomic E-state index is 13.9. The first-order chi connectivity index (χ1) is 12.1. The third-order valence-corrected chi connectivity index (χ3v) is 6.63. The van der Waals surface area contributed by atoms with E-state index in [0.29, 0.717) is 29.4 Å². The van der Waals surface area contributed by atoms with E-state index in [0.717, 1.165) is 18.8 Å². The van der Waals surface area contributed by atoms with Crippen molar-refractivity contribution in [2.24, 2.45) is 17.8 Å². The zero-order valence-electron chi connectivity index (χ0n) is 15.4. The molecule has 2 aliphatic carbocycles. The van der Waals surface area contributed by atoms with E-state index >= 15 is 0 Å². The molecular weight excluding hydrogens is 321 g/mol. The Morgan fingerprint density at radius 3 is 2.36 bits per heavy atom. The van der Waals surface area contributed by atoms with Crippen LogP contribution in [0.2, 0.25) is 0 Å². The molecule has 1 aromatic carbocycles. The molecule has 1 fully saturated rings. The number of hydrogen-bond acceptors (Lipinski definition) is 0.